The van der Waals surface area contributed by atoms with E-state index >= 15 is 0 Å². The zero-order valence-electron chi connectivity index (χ0n) is 28.2. The number of ketones is 2. The molecule has 14 heteroatoms. The summed E-state index contributed by atoms with van der Waals surface area (Å²) in [6.07, 6.45) is -3.92. The first-order valence-corrected chi connectivity index (χ1v) is 15.8. The molecule has 1 N–H and O–H groups in total. The number of carbonyl (C=O) groups is 3. The van der Waals surface area contributed by atoms with E-state index in [1.807, 2.05) is 0 Å². The van der Waals surface area contributed by atoms with E-state index in [4.69, 9.17) is 42.3 Å². The Bertz CT molecular complexity index is 2170. The number of aromatic hydroxyl groups is 1. The van der Waals surface area contributed by atoms with E-state index in [0.717, 1.165) is 0 Å². The fraction of sp³-hybridized carbons (Fsp3) is 0.389. The Labute approximate surface area is 284 Å². The van der Waals surface area contributed by atoms with Crippen LogP contribution in [0.4, 0.5) is 0 Å². The third kappa shape index (κ3) is 4.77. The van der Waals surface area contributed by atoms with Gasteiger partial charge in [0.2, 0.25) is 23.3 Å². The standard InChI is InChI=1S/C36H34O14/c1-13-10-15-11-16-20(49-36-34(46-7)33(45-6)30(44-5)14(2)48-36)12-17-23(22(16)27(38)21(15)35(41)47-13)28(39)25-29(40)24-18(42-3)8-9-19(43-4)31(24)50-32(25)26(17)37/h8-9,11-14,30,33-34,36,38H,10H2,1-7H3/t13?,14?,30-,33?,34?,36+/m1/s1. The van der Waals surface area contributed by atoms with Gasteiger partial charge in [0.05, 0.1) is 20.3 Å². The fourth-order valence-corrected chi connectivity index (χ4v) is 7.30. The van der Waals surface area contributed by atoms with Crippen LogP contribution in [-0.2, 0) is 30.1 Å². The van der Waals surface area contributed by atoms with Gasteiger partial charge in [-0.2, -0.15) is 0 Å². The second-order valence-corrected chi connectivity index (χ2v) is 12.3. The fourth-order valence-electron chi connectivity index (χ4n) is 7.30. The van der Waals surface area contributed by atoms with Gasteiger partial charge in [-0.15, -0.1) is 0 Å². The number of phenols is 1. The summed E-state index contributed by atoms with van der Waals surface area (Å²) in [5.41, 5.74) is -1.82. The van der Waals surface area contributed by atoms with Gasteiger partial charge in [-0.05, 0) is 43.7 Å². The monoisotopic (exact) mass is 690 g/mol. The van der Waals surface area contributed by atoms with Crippen LogP contribution in [0.5, 0.6) is 23.0 Å². The number of cyclic esters (lactones) is 1. The highest BCUT2D eigenvalue weighted by Gasteiger charge is 2.48. The highest BCUT2D eigenvalue weighted by molar-refractivity contribution is 6.33. The molecule has 1 aliphatic carbocycles. The molecule has 1 saturated heterocycles. The molecule has 0 saturated carbocycles. The van der Waals surface area contributed by atoms with Gasteiger partial charge in [-0.25, -0.2) is 4.79 Å². The molecule has 2 aliphatic heterocycles. The molecule has 0 bridgehead atoms. The predicted molar refractivity (Wildman–Crippen MR) is 174 cm³/mol. The second-order valence-electron chi connectivity index (χ2n) is 12.3. The van der Waals surface area contributed by atoms with Crippen LogP contribution >= 0.6 is 0 Å². The summed E-state index contributed by atoms with van der Waals surface area (Å²) >= 11 is 0. The second kappa shape index (κ2) is 12.4. The number of phenolic OH excluding ortho intramolecular Hbond substituents is 1. The maximum absolute atomic E-state index is 14.5. The lowest BCUT2D eigenvalue weighted by Gasteiger charge is -2.43. The van der Waals surface area contributed by atoms with Crippen LogP contribution in [0.3, 0.4) is 0 Å². The van der Waals surface area contributed by atoms with Gasteiger partial charge in [0.15, 0.2) is 17.1 Å². The van der Waals surface area contributed by atoms with E-state index in [2.05, 4.69) is 0 Å². The maximum atomic E-state index is 14.5. The van der Waals surface area contributed by atoms with E-state index < -0.39 is 76.8 Å². The van der Waals surface area contributed by atoms with E-state index in [0.29, 0.717) is 5.56 Å². The average molecular weight is 691 g/mol. The van der Waals surface area contributed by atoms with E-state index in [9.17, 15) is 24.3 Å². The molecular weight excluding hydrogens is 656 g/mol. The number of carbonyl (C=O) groups excluding carboxylic acids is 3. The summed E-state index contributed by atoms with van der Waals surface area (Å²) in [6, 6.07) is 5.90. The first kappa shape index (κ1) is 33.5. The van der Waals surface area contributed by atoms with Crippen LogP contribution in [0.25, 0.3) is 21.7 Å². The van der Waals surface area contributed by atoms with Crippen molar-refractivity contribution in [3.05, 3.63) is 68.1 Å². The molecule has 7 rings (SSSR count). The molecule has 0 amide bonds. The molecule has 14 nitrogen and oxygen atoms in total. The Balaban J connectivity index is 1.51. The molecule has 0 spiro atoms. The first-order chi connectivity index (χ1) is 24.0. The highest BCUT2D eigenvalue weighted by Crippen LogP contribution is 2.46. The minimum absolute atomic E-state index is 0.0143. The van der Waals surface area contributed by atoms with Gasteiger partial charge in [-0.1, -0.05) is 0 Å². The van der Waals surface area contributed by atoms with Gasteiger partial charge in [0, 0.05) is 49.6 Å². The predicted octanol–water partition coefficient (Wildman–Crippen LogP) is 3.71. The van der Waals surface area contributed by atoms with Crippen molar-refractivity contribution in [3.8, 4) is 23.0 Å². The third-order valence-electron chi connectivity index (χ3n) is 9.56. The van der Waals surface area contributed by atoms with Crippen molar-refractivity contribution in [2.45, 2.75) is 57.1 Å². The topological polar surface area (TPSA) is 175 Å². The van der Waals surface area contributed by atoms with Gasteiger partial charge in [0.1, 0.15) is 58.2 Å². The molecule has 1 fully saturated rings. The van der Waals surface area contributed by atoms with Crippen LogP contribution in [-0.4, -0.2) is 95.0 Å². The van der Waals surface area contributed by atoms with Crippen molar-refractivity contribution in [1.82, 2.24) is 0 Å². The van der Waals surface area contributed by atoms with Crippen molar-refractivity contribution in [3.63, 3.8) is 0 Å². The zero-order valence-corrected chi connectivity index (χ0v) is 28.2. The Morgan fingerprint density at radius 1 is 0.760 bits per heavy atom. The summed E-state index contributed by atoms with van der Waals surface area (Å²) in [5.74, 6) is -3.50. The maximum Gasteiger partial charge on any atom is 0.342 e. The molecule has 6 atom stereocenters. The van der Waals surface area contributed by atoms with Crippen LogP contribution in [0.15, 0.2) is 33.5 Å². The number of ether oxygens (including phenoxy) is 8. The minimum atomic E-state index is -1.13. The molecule has 3 aliphatic rings. The quantitative estimate of drug-likeness (QED) is 0.245. The van der Waals surface area contributed by atoms with Gasteiger partial charge in [-0.3, -0.25) is 14.4 Å². The van der Waals surface area contributed by atoms with Crippen LogP contribution in [0.1, 0.15) is 61.8 Å². The Hall–Kier alpha value is -5.02. The Morgan fingerprint density at radius 3 is 2.10 bits per heavy atom. The van der Waals surface area contributed by atoms with Gasteiger partial charge >= 0.3 is 5.97 Å². The number of esters is 1. The molecule has 262 valence electrons. The lowest BCUT2D eigenvalue weighted by Crippen LogP contribution is -2.60. The number of hydrogen-bond donors (Lipinski definition) is 1. The average Bonchev–Trinajstić information content (AvgIpc) is 3.09. The van der Waals surface area contributed by atoms with Crippen molar-refractivity contribution in [1.29, 1.82) is 0 Å². The largest absolute Gasteiger partial charge is 0.506 e. The lowest BCUT2D eigenvalue weighted by molar-refractivity contribution is -0.282. The molecule has 1 aromatic heterocycles. The Morgan fingerprint density at radius 2 is 1.44 bits per heavy atom. The SMILES string of the molecule is COc1ccc(OC)c2c(=O)c3c(oc12)C(=O)c1cc(O[C@@H]2OC(C)[C@@H](OC)C(OC)C2OC)c2cc4c(c(O)c2c1C3=O)C(=O)OC(C)C4. The number of fused-ring (bicyclic) bond motifs is 6. The molecule has 3 heterocycles. The van der Waals surface area contributed by atoms with Crippen molar-refractivity contribution < 1.29 is 61.8 Å². The molecule has 3 aromatic carbocycles. The molecule has 0 radical (unpaired) electrons. The van der Waals surface area contributed by atoms with Crippen molar-refractivity contribution >= 4 is 39.3 Å². The van der Waals surface area contributed by atoms with Gasteiger partial charge in [0.25, 0.3) is 0 Å². The summed E-state index contributed by atoms with van der Waals surface area (Å²) in [7, 11) is 7.17. The summed E-state index contributed by atoms with van der Waals surface area (Å²) in [6.45, 7) is 3.48. The molecule has 50 heavy (non-hydrogen) atoms. The van der Waals surface area contributed by atoms with Crippen LogP contribution < -0.4 is 19.6 Å². The van der Waals surface area contributed by atoms with Crippen LogP contribution in [0.2, 0.25) is 0 Å². The summed E-state index contributed by atoms with van der Waals surface area (Å²) in [4.78, 5) is 56.1. The molecular formula is C36H34O14. The number of rotatable bonds is 7. The van der Waals surface area contributed by atoms with Crippen molar-refractivity contribution in [2.24, 2.45) is 0 Å². The van der Waals surface area contributed by atoms with Crippen LogP contribution in [0, 0.1) is 0 Å². The highest BCUT2D eigenvalue weighted by atomic mass is 16.7. The Kier molecular flexibility index (Phi) is 8.29. The zero-order chi connectivity index (χ0) is 35.8. The third-order valence-corrected chi connectivity index (χ3v) is 9.56. The van der Waals surface area contributed by atoms with Gasteiger partial charge < -0.3 is 47.4 Å². The lowest BCUT2D eigenvalue weighted by atomic mass is 9.81. The normalized spacial score (nSPS) is 24.4. The van der Waals surface area contributed by atoms with E-state index in [-0.39, 0.29) is 62.1 Å². The van der Waals surface area contributed by atoms with E-state index in [1.54, 1.807) is 19.9 Å². The number of benzene rings is 3. The molecule has 4 unspecified atom stereocenters. The summed E-state index contributed by atoms with van der Waals surface area (Å²) < 4.78 is 51.9. The smallest absolute Gasteiger partial charge is 0.342 e. The van der Waals surface area contributed by atoms with E-state index in [1.165, 1.54) is 53.7 Å². The van der Waals surface area contributed by atoms with Crippen molar-refractivity contribution in [2.75, 3.05) is 35.5 Å². The number of methoxy groups -OCH3 is 5. The minimum Gasteiger partial charge on any atom is -0.506 e. The first-order valence-electron chi connectivity index (χ1n) is 15.8. The number of hydrogen-bond acceptors (Lipinski definition) is 14. The summed E-state index contributed by atoms with van der Waals surface area (Å²) in [5, 5.41) is 11.7. The molecule has 4 aromatic rings.